The molecule has 1 rings (SSSR count). The Kier molecular flexibility index (Phi) is 6.60. The van der Waals surface area contributed by atoms with Gasteiger partial charge in [0.05, 0.1) is 13.2 Å². The van der Waals surface area contributed by atoms with E-state index in [0.717, 1.165) is 19.0 Å². The Bertz CT molecular complexity index is 298. The fourth-order valence-electron chi connectivity index (χ4n) is 1.17. The molecule has 0 aliphatic rings. The molecule has 0 bridgehead atoms. The Morgan fingerprint density at radius 1 is 1.50 bits per heavy atom. The highest BCUT2D eigenvalue weighted by molar-refractivity contribution is 7.07. The van der Waals surface area contributed by atoms with Gasteiger partial charge in [-0.25, -0.2) is 4.99 Å². The molecular formula is C11H19N3OS. The minimum absolute atomic E-state index is 0.683. The maximum absolute atomic E-state index is 4.98. The van der Waals surface area contributed by atoms with Gasteiger partial charge in [-0.1, -0.05) is 0 Å². The molecule has 90 valence electrons. The number of methoxy groups -OCH3 is 1. The van der Waals surface area contributed by atoms with Crippen molar-refractivity contribution in [1.82, 2.24) is 10.6 Å². The molecule has 1 aromatic heterocycles. The van der Waals surface area contributed by atoms with E-state index in [0.29, 0.717) is 13.2 Å². The summed E-state index contributed by atoms with van der Waals surface area (Å²) in [5.74, 6) is 0.839. The molecule has 0 aromatic carbocycles. The molecule has 0 atom stereocenters. The van der Waals surface area contributed by atoms with Gasteiger partial charge in [0.2, 0.25) is 0 Å². The lowest BCUT2D eigenvalue weighted by atomic mass is 10.3. The molecule has 0 aliphatic carbocycles. The third kappa shape index (κ3) is 5.14. The van der Waals surface area contributed by atoms with Crippen LogP contribution in [0.1, 0.15) is 12.5 Å². The van der Waals surface area contributed by atoms with Crippen LogP contribution in [0.3, 0.4) is 0 Å². The molecule has 0 radical (unpaired) electrons. The van der Waals surface area contributed by atoms with Crippen molar-refractivity contribution in [2.45, 2.75) is 13.5 Å². The number of ether oxygens (including phenoxy) is 1. The summed E-state index contributed by atoms with van der Waals surface area (Å²) in [6.45, 7) is 5.08. The fourth-order valence-corrected chi connectivity index (χ4v) is 1.83. The fraction of sp³-hybridized carbons (Fsp3) is 0.545. The van der Waals surface area contributed by atoms with Crippen LogP contribution < -0.4 is 10.6 Å². The van der Waals surface area contributed by atoms with Crippen LogP contribution in [-0.2, 0) is 11.3 Å². The first-order valence-corrected chi connectivity index (χ1v) is 6.33. The summed E-state index contributed by atoms with van der Waals surface area (Å²) < 4.78 is 4.98. The highest BCUT2D eigenvalue weighted by Crippen LogP contribution is 2.06. The van der Waals surface area contributed by atoms with E-state index in [2.05, 4.69) is 39.4 Å². The van der Waals surface area contributed by atoms with Gasteiger partial charge in [0.15, 0.2) is 5.96 Å². The standard InChI is InChI=1S/C11H19N3OS/c1-3-12-11(13-5-6-15-2)14-8-10-4-7-16-9-10/h4,7,9H,3,5-6,8H2,1-2H3,(H2,12,13,14). The number of nitrogens with one attached hydrogen (secondary N) is 2. The van der Waals surface area contributed by atoms with Crippen LogP contribution in [0.15, 0.2) is 21.8 Å². The van der Waals surface area contributed by atoms with Gasteiger partial charge < -0.3 is 15.4 Å². The van der Waals surface area contributed by atoms with E-state index in [1.54, 1.807) is 18.4 Å². The molecule has 4 nitrogen and oxygen atoms in total. The number of hydrogen-bond acceptors (Lipinski definition) is 3. The number of aliphatic imine (C=N–C) groups is 1. The molecule has 2 N–H and O–H groups in total. The molecule has 0 aliphatic heterocycles. The average molecular weight is 241 g/mol. The number of thiophene rings is 1. The third-order valence-corrected chi connectivity index (χ3v) is 2.67. The zero-order valence-corrected chi connectivity index (χ0v) is 10.6. The predicted octanol–water partition coefficient (Wildman–Crippen LogP) is 1.45. The Hall–Kier alpha value is -1.07. The Labute approximate surface area is 101 Å². The second kappa shape index (κ2) is 8.13. The molecule has 0 saturated carbocycles. The molecule has 5 heteroatoms. The Morgan fingerprint density at radius 2 is 2.38 bits per heavy atom. The van der Waals surface area contributed by atoms with E-state index in [-0.39, 0.29) is 0 Å². The number of guanidine groups is 1. The van der Waals surface area contributed by atoms with Crippen LogP contribution >= 0.6 is 11.3 Å². The van der Waals surface area contributed by atoms with Crippen molar-refractivity contribution in [2.75, 3.05) is 26.8 Å². The summed E-state index contributed by atoms with van der Waals surface area (Å²) in [5, 5.41) is 10.6. The lowest BCUT2D eigenvalue weighted by Gasteiger charge is -2.10. The Morgan fingerprint density at radius 3 is 3.00 bits per heavy atom. The van der Waals surface area contributed by atoms with Crippen molar-refractivity contribution in [1.29, 1.82) is 0 Å². The average Bonchev–Trinajstić information content (AvgIpc) is 2.79. The van der Waals surface area contributed by atoms with Gasteiger partial charge in [-0.3, -0.25) is 0 Å². The molecule has 0 spiro atoms. The van der Waals surface area contributed by atoms with Crippen LogP contribution in [0.2, 0.25) is 0 Å². The third-order valence-electron chi connectivity index (χ3n) is 1.94. The summed E-state index contributed by atoms with van der Waals surface area (Å²) >= 11 is 1.70. The number of nitrogens with zero attached hydrogens (tertiary/aromatic N) is 1. The van der Waals surface area contributed by atoms with Crippen LogP contribution in [0.4, 0.5) is 0 Å². The van der Waals surface area contributed by atoms with Crippen LogP contribution in [0, 0.1) is 0 Å². The molecular weight excluding hydrogens is 222 g/mol. The van der Waals surface area contributed by atoms with Gasteiger partial charge in [-0.2, -0.15) is 11.3 Å². The van der Waals surface area contributed by atoms with E-state index < -0.39 is 0 Å². The normalized spacial score (nSPS) is 11.5. The number of hydrogen-bond donors (Lipinski definition) is 2. The van der Waals surface area contributed by atoms with E-state index in [9.17, 15) is 0 Å². The van der Waals surface area contributed by atoms with E-state index in [4.69, 9.17) is 4.74 Å². The SMILES string of the molecule is CCNC(=NCc1ccsc1)NCCOC. The molecule has 0 fully saturated rings. The van der Waals surface area contributed by atoms with Crippen molar-refractivity contribution in [3.8, 4) is 0 Å². The van der Waals surface area contributed by atoms with Crippen LogP contribution in [0.25, 0.3) is 0 Å². The monoisotopic (exact) mass is 241 g/mol. The zero-order valence-electron chi connectivity index (χ0n) is 9.82. The van der Waals surface area contributed by atoms with Gasteiger partial charge in [0.25, 0.3) is 0 Å². The number of rotatable bonds is 6. The first kappa shape index (κ1) is 13.0. The summed E-state index contributed by atoms with van der Waals surface area (Å²) in [7, 11) is 1.69. The summed E-state index contributed by atoms with van der Waals surface area (Å²) in [6.07, 6.45) is 0. The minimum Gasteiger partial charge on any atom is -0.383 e. The van der Waals surface area contributed by atoms with Gasteiger partial charge in [-0.15, -0.1) is 0 Å². The highest BCUT2D eigenvalue weighted by atomic mass is 32.1. The Balaban J connectivity index is 2.38. The molecule has 1 heterocycles. The van der Waals surface area contributed by atoms with Crippen LogP contribution in [0.5, 0.6) is 0 Å². The van der Waals surface area contributed by atoms with Gasteiger partial charge >= 0.3 is 0 Å². The summed E-state index contributed by atoms with van der Waals surface area (Å²) in [4.78, 5) is 4.47. The lowest BCUT2D eigenvalue weighted by Crippen LogP contribution is -2.38. The predicted molar refractivity (Wildman–Crippen MR) is 69.0 cm³/mol. The minimum atomic E-state index is 0.683. The molecule has 0 amide bonds. The largest absolute Gasteiger partial charge is 0.383 e. The second-order valence-electron chi connectivity index (χ2n) is 3.25. The quantitative estimate of drug-likeness (QED) is 0.450. The summed E-state index contributed by atoms with van der Waals surface area (Å²) in [6, 6.07) is 2.09. The smallest absolute Gasteiger partial charge is 0.191 e. The maximum atomic E-state index is 4.98. The van der Waals surface area contributed by atoms with E-state index in [1.165, 1.54) is 5.56 Å². The van der Waals surface area contributed by atoms with Gasteiger partial charge in [-0.05, 0) is 29.3 Å². The first-order chi connectivity index (χ1) is 7.86. The molecule has 16 heavy (non-hydrogen) atoms. The van der Waals surface area contributed by atoms with Gasteiger partial charge in [0, 0.05) is 20.2 Å². The van der Waals surface area contributed by atoms with E-state index >= 15 is 0 Å². The first-order valence-electron chi connectivity index (χ1n) is 5.39. The molecule has 0 saturated heterocycles. The maximum Gasteiger partial charge on any atom is 0.191 e. The van der Waals surface area contributed by atoms with Crippen molar-refractivity contribution in [3.63, 3.8) is 0 Å². The second-order valence-corrected chi connectivity index (χ2v) is 4.03. The van der Waals surface area contributed by atoms with Crippen molar-refractivity contribution in [2.24, 2.45) is 4.99 Å². The van der Waals surface area contributed by atoms with E-state index in [1.807, 2.05) is 0 Å². The highest BCUT2D eigenvalue weighted by Gasteiger charge is 1.96. The lowest BCUT2D eigenvalue weighted by molar-refractivity contribution is 0.203. The topological polar surface area (TPSA) is 45.7 Å². The van der Waals surface area contributed by atoms with Crippen LogP contribution in [-0.4, -0.2) is 32.8 Å². The van der Waals surface area contributed by atoms with Crippen molar-refractivity contribution in [3.05, 3.63) is 22.4 Å². The van der Waals surface area contributed by atoms with Crippen molar-refractivity contribution >= 4 is 17.3 Å². The molecule has 1 aromatic rings. The zero-order chi connectivity index (χ0) is 11.6. The summed E-state index contributed by atoms with van der Waals surface area (Å²) in [5.41, 5.74) is 1.24. The van der Waals surface area contributed by atoms with Gasteiger partial charge in [0.1, 0.15) is 0 Å². The molecule has 0 unspecified atom stereocenters. The van der Waals surface area contributed by atoms with Crippen molar-refractivity contribution < 1.29 is 4.74 Å².